The van der Waals surface area contributed by atoms with Gasteiger partial charge in [0.25, 0.3) is 10.1 Å². The molecule has 0 saturated heterocycles. The second-order valence-corrected chi connectivity index (χ2v) is 6.94. The smallest absolute Gasteiger partial charge is 0.320 e. The summed E-state index contributed by atoms with van der Waals surface area (Å²) in [6, 6.07) is -0.875. The minimum Gasteiger partial charge on any atom is -0.480 e. The van der Waals surface area contributed by atoms with Crippen LogP contribution in [0.2, 0.25) is 0 Å². The molecule has 9 heteroatoms. The predicted molar refractivity (Wildman–Crippen MR) is 61.6 cm³/mol. The van der Waals surface area contributed by atoms with E-state index in [0.717, 1.165) is 0 Å². The molecule has 6 nitrogen and oxygen atoms in total. The lowest BCUT2D eigenvalue weighted by molar-refractivity contribution is -0.138. The van der Waals surface area contributed by atoms with Crippen LogP contribution in [-0.4, -0.2) is 47.3 Å². The van der Waals surface area contributed by atoms with Gasteiger partial charge in [-0.3, -0.25) is 9.35 Å². The van der Waals surface area contributed by atoms with Gasteiger partial charge in [-0.05, 0) is 6.42 Å². The highest BCUT2D eigenvalue weighted by molar-refractivity contribution is 8.76. The van der Waals surface area contributed by atoms with Gasteiger partial charge in [0.1, 0.15) is 6.04 Å². The molecule has 0 amide bonds. The molecule has 0 spiro atoms. The maximum atomic E-state index is 10.3. The van der Waals surface area contributed by atoms with Crippen LogP contribution in [0.1, 0.15) is 6.42 Å². The van der Waals surface area contributed by atoms with Gasteiger partial charge in [-0.25, -0.2) is 0 Å². The van der Waals surface area contributed by atoms with Crippen LogP contribution in [0.3, 0.4) is 0 Å². The third-order valence-corrected chi connectivity index (χ3v) is 4.76. The van der Waals surface area contributed by atoms with E-state index in [1.54, 1.807) is 0 Å². The minimum absolute atomic E-state index is 0.270. The molecule has 0 unspecified atom stereocenters. The number of hydrogen-bond acceptors (Lipinski definition) is 6. The van der Waals surface area contributed by atoms with Gasteiger partial charge in [-0.1, -0.05) is 21.6 Å². The maximum absolute atomic E-state index is 10.3. The first-order valence-electron chi connectivity index (χ1n) is 4.01. The molecule has 1 atom stereocenters. The lowest BCUT2D eigenvalue weighted by Crippen LogP contribution is -2.30. The molecule has 0 aromatic rings. The topological polar surface area (TPSA) is 118 Å². The number of rotatable bonds is 8. The van der Waals surface area contributed by atoms with Gasteiger partial charge in [0.2, 0.25) is 0 Å². The number of hydrogen-bond donors (Lipinski definition) is 3. The third-order valence-electron chi connectivity index (χ3n) is 1.34. The van der Waals surface area contributed by atoms with Crippen molar-refractivity contribution in [1.29, 1.82) is 0 Å². The van der Waals surface area contributed by atoms with E-state index in [1.165, 1.54) is 21.6 Å². The predicted octanol–water partition coefficient (Wildman–Crippen LogP) is 0.0576. The van der Waals surface area contributed by atoms with Crippen LogP contribution >= 0.6 is 21.6 Å². The average molecular weight is 275 g/mol. The van der Waals surface area contributed by atoms with Crippen molar-refractivity contribution in [1.82, 2.24) is 0 Å². The molecule has 0 aliphatic rings. The molecule has 0 aromatic carbocycles. The molecule has 4 N–H and O–H groups in total. The number of carboxylic acid groups (broad SMARTS) is 1. The zero-order chi connectivity index (χ0) is 11.9. The highest BCUT2D eigenvalue weighted by Gasteiger charge is 2.10. The molecule has 0 saturated carbocycles. The molecule has 0 radical (unpaired) electrons. The van der Waals surface area contributed by atoms with E-state index in [1.807, 2.05) is 0 Å². The summed E-state index contributed by atoms with van der Waals surface area (Å²) in [4.78, 5) is 10.3. The molecule has 15 heavy (non-hydrogen) atoms. The van der Waals surface area contributed by atoms with Gasteiger partial charge in [0.05, 0.1) is 5.75 Å². The standard InChI is InChI=1S/C6H13NO5S3/c7-5(6(8)9)1-2-13-14-3-4-15(10,11)12/h5H,1-4,7H2,(H,8,9)(H,10,11,12)/t5-/m0/s1. The molecule has 90 valence electrons. The van der Waals surface area contributed by atoms with Gasteiger partial charge in [0, 0.05) is 11.5 Å². The summed E-state index contributed by atoms with van der Waals surface area (Å²) in [5.74, 6) is -0.538. The van der Waals surface area contributed by atoms with Crippen molar-refractivity contribution >= 4 is 37.7 Å². The van der Waals surface area contributed by atoms with E-state index in [-0.39, 0.29) is 11.5 Å². The summed E-state index contributed by atoms with van der Waals surface area (Å²) in [7, 11) is -1.29. The summed E-state index contributed by atoms with van der Waals surface area (Å²) in [6.45, 7) is 0. The van der Waals surface area contributed by atoms with Crippen molar-refractivity contribution < 1.29 is 22.9 Å². The largest absolute Gasteiger partial charge is 0.480 e. The number of aliphatic carboxylic acids is 1. The van der Waals surface area contributed by atoms with E-state index < -0.39 is 22.1 Å². The van der Waals surface area contributed by atoms with Crippen LogP contribution in [0.4, 0.5) is 0 Å². The van der Waals surface area contributed by atoms with Crippen molar-refractivity contribution in [2.24, 2.45) is 5.73 Å². The van der Waals surface area contributed by atoms with Crippen LogP contribution in [0.25, 0.3) is 0 Å². The summed E-state index contributed by atoms with van der Waals surface area (Å²) in [6.07, 6.45) is 0.332. The Morgan fingerprint density at radius 1 is 1.33 bits per heavy atom. The van der Waals surface area contributed by atoms with E-state index in [2.05, 4.69) is 0 Å². The molecular weight excluding hydrogens is 262 g/mol. The molecular formula is C6H13NO5S3. The van der Waals surface area contributed by atoms with E-state index >= 15 is 0 Å². The Morgan fingerprint density at radius 2 is 1.87 bits per heavy atom. The van der Waals surface area contributed by atoms with Crippen LogP contribution in [0.5, 0.6) is 0 Å². The fraction of sp³-hybridized carbons (Fsp3) is 0.833. The maximum Gasteiger partial charge on any atom is 0.320 e. The van der Waals surface area contributed by atoms with Crippen LogP contribution in [0.15, 0.2) is 0 Å². The normalized spacial score (nSPS) is 13.7. The number of carboxylic acids is 1. The van der Waals surface area contributed by atoms with Crippen LogP contribution in [0, 0.1) is 0 Å². The Labute approximate surface area is 96.1 Å². The van der Waals surface area contributed by atoms with Gasteiger partial charge in [-0.2, -0.15) is 8.42 Å². The summed E-state index contributed by atoms with van der Waals surface area (Å²) < 4.78 is 29.0. The zero-order valence-corrected chi connectivity index (χ0v) is 10.3. The fourth-order valence-electron chi connectivity index (χ4n) is 0.556. The van der Waals surface area contributed by atoms with E-state index in [9.17, 15) is 13.2 Å². The fourth-order valence-corrected chi connectivity index (χ4v) is 3.86. The summed E-state index contributed by atoms with van der Waals surface area (Å²) >= 11 is 0. The molecule has 0 rings (SSSR count). The van der Waals surface area contributed by atoms with Gasteiger partial charge < -0.3 is 10.8 Å². The van der Waals surface area contributed by atoms with Crippen LogP contribution in [-0.2, 0) is 14.9 Å². The Bertz CT molecular complexity index is 291. The monoisotopic (exact) mass is 275 g/mol. The summed E-state index contributed by atoms with van der Waals surface area (Å²) in [5, 5.41) is 8.44. The Kier molecular flexibility index (Phi) is 7.36. The van der Waals surface area contributed by atoms with Crippen molar-refractivity contribution in [3.8, 4) is 0 Å². The van der Waals surface area contributed by atoms with Crippen molar-refractivity contribution in [2.45, 2.75) is 12.5 Å². The van der Waals surface area contributed by atoms with Gasteiger partial charge in [0.15, 0.2) is 0 Å². The van der Waals surface area contributed by atoms with E-state index in [0.29, 0.717) is 12.2 Å². The lowest BCUT2D eigenvalue weighted by atomic mass is 10.2. The Morgan fingerprint density at radius 3 is 2.33 bits per heavy atom. The van der Waals surface area contributed by atoms with Gasteiger partial charge >= 0.3 is 5.97 Å². The molecule has 0 aromatic heterocycles. The highest BCUT2D eigenvalue weighted by atomic mass is 33.1. The highest BCUT2D eigenvalue weighted by Crippen LogP contribution is 2.22. The zero-order valence-electron chi connectivity index (χ0n) is 7.83. The first-order chi connectivity index (χ1) is 6.83. The first-order valence-corrected chi connectivity index (χ1v) is 8.10. The second-order valence-electron chi connectivity index (χ2n) is 2.66. The van der Waals surface area contributed by atoms with Crippen molar-refractivity contribution in [2.75, 3.05) is 17.3 Å². The first kappa shape index (κ1) is 15.0. The number of carbonyl (C=O) groups is 1. The molecule has 0 heterocycles. The quantitative estimate of drug-likeness (QED) is 0.323. The lowest BCUT2D eigenvalue weighted by Gasteiger charge is -2.04. The Hall–Kier alpha value is 0.0400. The molecule has 0 fully saturated rings. The van der Waals surface area contributed by atoms with Gasteiger partial charge in [-0.15, -0.1) is 0 Å². The SMILES string of the molecule is N[C@@H](CCSSCCS(=O)(=O)O)C(=O)O. The molecule has 0 aliphatic heterocycles. The number of nitrogens with two attached hydrogens (primary N) is 1. The Balaban J connectivity index is 3.37. The average Bonchev–Trinajstić information content (AvgIpc) is 2.08. The molecule has 0 aliphatic carbocycles. The summed E-state index contributed by atoms with van der Waals surface area (Å²) in [5.41, 5.74) is 5.24. The third kappa shape index (κ3) is 10.3. The van der Waals surface area contributed by atoms with Crippen LogP contribution < -0.4 is 5.73 Å². The van der Waals surface area contributed by atoms with E-state index in [4.69, 9.17) is 15.4 Å². The minimum atomic E-state index is -3.89. The molecule has 0 bridgehead atoms. The second kappa shape index (κ2) is 7.34. The van der Waals surface area contributed by atoms with Crippen molar-refractivity contribution in [3.63, 3.8) is 0 Å². The van der Waals surface area contributed by atoms with Crippen molar-refractivity contribution in [3.05, 3.63) is 0 Å².